The first kappa shape index (κ1) is 23.8. The van der Waals surface area contributed by atoms with Crippen LogP contribution in [0.1, 0.15) is 63.9 Å². The fourth-order valence-electron chi connectivity index (χ4n) is 4.17. The maximum Gasteiger partial charge on any atom is 0.233 e. The van der Waals surface area contributed by atoms with Crippen LogP contribution in [0.2, 0.25) is 5.02 Å². The number of hydrogen-bond donors (Lipinski definition) is 1. The van der Waals surface area contributed by atoms with Crippen LogP contribution in [0.25, 0.3) is 0 Å². The highest BCUT2D eigenvalue weighted by molar-refractivity contribution is 7.90. The number of rotatable bonds is 9. The number of nitrogens with one attached hydrogen (secondary N) is 1. The van der Waals surface area contributed by atoms with Gasteiger partial charge in [0.05, 0.1) is 15.8 Å². The Morgan fingerprint density at radius 1 is 1.26 bits per heavy atom. The van der Waals surface area contributed by atoms with E-state index >= 15 is 0 Å². The van der Waals surface area contributed by atoms with Crippen LogP contribution in [0.4, 0.5) is 5.82 Å². The topological polar surface area (TPSA) is 81.1 Å². The SMILES string of the molecule is CC(C)CCn1ccc(NC(=O)C(CC2CCCC2)c2ccc(S(C)(=O)=O)c(Cl)c2)n1. The Bertz CT molecular complexity index is 1010. The number of halogens is 1. The molecule has 1 aliphatic carbocycles. The van der Waals surface area contributed by atoms with Gasteiger partial charge >= 0.3 is 0 Å². The lowest BCUT2D eigenvalue weighted by Crippen LogP contribution is -2.23. The van der Waals surface area contributed by atoms with E-state index in [0.29, 0.717) is 24.1 Å². The number of carbonyl (C=O) groups is 1. The van der Waals surface area contributed by atoms with Gasteiger partial charge in [-0.25, -0.2) is 8.42 Å². The molecule has 1 heterocycles. The summed E-state index contributed by atoms with van der Waals surface area (Å²) in [6, 6.07) is 6.65. The second-order valence-electron chi connectivity index (χ2n) is 9.04. The fourth-order valence-corrected chi connectivity index (χ4v) is 5.50. The van der Waals surface area contributed by atoms with Gasteiger partial charge in [0.25, 0.3) is 0 Å². The highest BCUT2D eigenvalue weighted by Crippen LogP contribution is 2.36. The molecular weight excluding hydrogens is 434 g/mol. The van der Waals surface area contributed by atoms with Crippen molar-refractivity contribution in [1.82, 2.24) is 9.78 Å². The predicted octanol–water partition coefficient (Wildman–Crippen LogP) is 5.29. The van der Waals surface area contributed by atoms with Gasteiger partial charge < -0.3 is 5.32 Å². The number of hydrogen-bond acceptors (Lipinski definition) is 4. The van der Waals surface area contributed by atoms with Gasteiger partial charge in [-0.2, -0.15) is 5.10 Å². The smallest absolute Gasteiger partial charge is 0.233 e. The van der Waals surface area contributed by atoms with Gasteiger partial charge in [-0.15, -0.1) is 0 Å². The average molecular weight is 466 g/mol. The van der Waals surface area contributed by atoms with E-state index in [1.807, 2.05) is 16.9 Å². The molecule has 0 bridgehead atoms. The van der Waals surface area contributed by atoms with Crippen LogP contribution in [0.15, 0.2) is 35.4 Å². The highest BCUT2D eigenvalue weighted by atomic mass is 35.5. The number of amides is 1. The Morgan fingerprint density at radius 2 is 1.97 bits per heavy atom. The van der Waals surface area contributed by atoms with Gasteiger partial charge in [-0.1, -0.05) is 57.2 Å². The van der Waals surface area contributed by atoms with E-state index in [1.165, 1.54) is 18.9 Å². The summed E-state index contributed by atoms with van der Waals surface area (Å²) >= 11 is 6.28. The first-order chi connectivity index (χ1) is 14.6. The zero-order valence-electron chi connectivity index (χ0n) is 18.5. The molecule has 1 aromatic carbocycles. The quantitative estimate of drug-likeness (QED) is 0.545. The van der Waals surface area contributed by atoms with Crippen molar-refractivity contribution < 1.29 is 13.2 Å². The average Bonchev–Trinajstić information content (AvgIpc) is 3.35. The summed E-state index contributed by atoms with van der Waals surface area (Å²) in [4.78, 5) is 13.3. The molecule has 1 saturated carbocycles. The maximum absolute atomic E-state index is 13.2. The zero-order chi connectivity index (χ0) is 22.6. The molecule has 31 heavy (non-hydrogen) atoms. The number of anilines is 1. The molecule has 1 N–H and O–H groups in total. The van der Waals surface area contributed by atoms with E-state index in [-0.39, 0.29) is 15.8 Å². The molecule has 1 amide bonds. The molecule has 8 heteroatoms. The van der Waals surface area contributed by atoms with Gasteiger partial charge in [0, 0.05) is 25.1 Å². The van der Waals surface area contributed by atoms with Crippen molar-refractivity contribution in [2.24, 2.45) is 11.8 Å². The third kappa shape index (κ3) is 6.56. The van der Waals surface area contributed by atoms with Crippen molar-refractivity contribution in [2.75, 3.05) is 11.6 Å². The summed E-state index contributed by atoms with van der Waals surface area (Å²) in [5, 5.41) is 7.58. The van der Waals surface area contributed by atoms with Crippen LogP contribution in [-0.4, -0.2) is 30.4 Å². The second-order valence-corrected chi connectivity index (χ2v) is 11.4. The molecule has 1 aromatic heterocycles. The van der Waals surface area contributed by atoms with Gasteiger partial charge in [0.2, 0.25) is 5.91 Å². The molecule has 170 valence electrons. The predicted molar refractivity (Wildman–Crippen MR) is 124 cm³/mol. The molecule has 3 rings (SSSR count). The van der Waals surface area contributed by atoms with E-state index in [1.54, 1.807) is 12.1 Å². The Kier molecular flexibility index (Phi) is 7.81. The van der Waals surface area contributed by atoms with Crippen molar-refractivity contribution >= 4 is 33.2 Å². The summed E-state index contributed by atoms with van der Waals surface area (Å²) < 4.78 is 25.7. The van der Waals surface area contributed by atoms with Crippen molar-refractivity contribution in [2.45, 2.75) is 69.7 Å². The lowest BCUT2D eigenvalue weighted by molar-refractivity contribution is -0.118. The minimum absolute atomic E-state index is 0.0850. The van der Waals surface area contributed by atoms with Gasteiger partial charge in [0.15, 0.2) is 15.7 Å². The van der Waals surface area contributed by atoms with Crippen LogP contribution < -0.4 is 5.32 Å². The van der Waals surface area contributed by atoms with E-state index in [0.717, 1.165) is 37.6 Å². The molecule has 1 aliphatic rings. The van der Waals surface area contributed by atoms with E-state index in [4.69, 9.17) is 11.6 Å². The Morgan fingerprint density at radius 3 is 2.58 bits per heavy atom. The monoisotopic (exact) mass is 465 g/mol. The summed E-state index contributed by atoms with van der Waals surface area (Å²) in [7, 11) is -3.42. The summed E-state index contributed by atoms with van der Waals surface area (Å²) in [5.74, 6) is 1.05. The summed E-state index contributed by atoms with van der Waals surface area (Å²) in [5.41, 5.74) is 0.737. The Labute approximate surface area is 190 Å². The highest BCUT2D eigenvalue weighted by Gasteiger charge is 2.28. The van der Waals surface area contributed by atoms with Crippen LogP contribution in [0.5, 0.6) is 0 Å². The number of sulfone groups is 1. The van der Waals surface area contributed by atoms with Crippen molar-refractivity contribution in [3.05, 3.63) is 41.0 Å². The molecule has 0 aliphatic heterocycles. The second kappa shape index (κ2) is 10.2. The number of carbonyl (C=O) groups excluding carboxylic acids is 1. The number of aryl methyl sites for hydroxylation is 1. The third-order valence-electron chi connectivity index (χ3n) is 5.95. The molecule has 1 unspecified atom stereocenters. The van der Waals surface area contributed by atoms with Crippen LogP contribution in [0, 0.1) is 11.8 Å². The largest absolute Gasteiger partial charge is 0.309 e. The van der Waals surface area contributed by atoms with E-state index in [9.17, 15) is 13.2 Å². The molecule has 1 fully saturated rings. The molecule has 0 radical (unpaired) electrons. The van der Waals surface area contributed by atoms with Crippen LogP contribution in [-0.2, 0) is 21.2 Å². The molecule has 6 nitrogen and oxygen atoms in total. The Balaban J connectivity index is 1.80. The number of nitrogens with zero attached hydrogens (tertiary/aromatic N) is 2. The number of benzene rings is 1. The van der Waals surface area contributed by atoms with E-state index < -0.39 is 15.8 Å². The molecule has 2 aromatic rings. The first-order valence-corrected chi connectivity index (χ1v) is 13.2. The zero-order valence-corrected chi connectivity index (χ0v) is 20.0. The minimum Gasteiger partial charge on any atom is -0.309 e. The molecule has 1 atom stereocenters. The maximum atomic E-state index is 13.2. The lowest BCUT2D eigenvalue weighted by Gasteiger charge is -2.21. The Hall–Kier alpha value is -1.86. The van der Waals surface area contributed by atoms with Gasteiger partial charge in [-0.3, -0.25) is 9.48 Å². The van der Waals surface area contributed by atoms with Gasteiger partial charge in [-0.05, 0) is 42.4 Å². The van der Waals surface area contributed by atoms with Crippen molar-refractivity contribution in [1.29, 1.82) is 0 Å². The first-order valence-electron chi connectivity index (χ1n) is 11.0. The third-order valence-corrected chi connectivity index (χ3v) is 7.53. The standard InChI is InChI=1S/C23H32ClN3O3S/c1-16(2)10-12-27-13-11-22(26-27)25-23(28)19(14-17-6-4-5-7-17)18-8-9-21(20(24)15-18)31(3,29)30/h8-9,11,13,15-17,19H,4-7,10,12,14H2,1-3H3,(H,25,26,28). The van der Waals surface area contributed by atoms with Crippen LogP contribution in [0.3, 0.4) is 0 Å². The van der Waals surface area contributed by atoms with E-state index in [2.05, 4.69) is 24.3 Å². The minimum atomic E-state index is -3.42. The van der Waals surface area contributed by atoms with Crippen molar-refractivity contribution in [3.63, 3.8) is 0 Å². The molecular formula is C23H32ClN3O3S. The lowest BCUT2D eigenvalue weighted by atomic mass is 9.87. The summed E-state index contributed by atoms with van der Waals surface area (Å²) in [6.07, 6.45) is 9.35. The van der Waals surface area contributed by atoms with Crippen molar-refractivity contribution in [3.8, 4) is 0 Å². The van der Waals surface area contributed by atoms with Crippen LogP contribution >= 0.6 is 11.6 Å². The molecule has 0 spiro atoms. The normalized spacial score (nSPS) is 16.0. The number of aromatic nitrogens is 2. The molecule has 0 saturated heterocycles. The summed E-state index contributed by atoms with van der Waals surface area (Å²) in [6.45, 7) is 5.14. The van der Waals surface area contributed by atoms with Gasteiger partial charge in [0.1, 0.15) is 0 Å². The fraction of sp³-hybridized carbons (Fsp3) is 0.565.